The summed E-state index contributed by atoms with van der Waals surface area (Å²) in [5, 5.41) is 11.1. The van der Waals surface area contributed by atoms with E-state index in [9.17, 15) is 14.7 Å². The number of aryl methyl sites for hydroxylation is 1. The van der Waals surface area contributed by atoms with Crippen LogP contribution in [0.2, 0.25) is 0 Å². The first-order chi connectivity index (χ1) is 14.8. The average Bonchev–Trinajstić information content (AvgIpc) is 2.99. The van der Waals surface area contributed by atoms with Crippen LogP contribution in [-0.2, 0) is 9.59 Å². The Morgan fingerprint density at radius 1 is 1.13 bits per heavy atom. The van der Waals surface area contributed by atoms with E-state index in [0.29, 0.717) is 30.9 Å². The maximum absolute atomic E-state index is 13.0. The van der Waals surface area contributed by atoms with Gasteiger partial charge in [0.1, 0.15) is 11.5 Å². The van der Waals surface area contributed by atoms with Crippen molar-refractivity contribution in [2.24, 2.45) is 0 Å². The molecule has 0 saturated carbocycles. The van der Waals surface area contributed by atoms with Crippen molar-refractivity contribution in [3.8, 4) is 5.75 Å². The number of ether oxygens (including phenoxy) is 1. The number of hydrogen-bond donors (Lipinski definition) is 1. The molecule has 2 aromatic carbocycles. The summed E-state index contributed by atoms with van der Waals surface area (Å²) < 4.78 is 5.63. The molecule has 3 rings (SSSR count). The van der Waals surface area contributed by atoms with Crippen LogP contribution in [0.1, 0.15) is 36.1 Å². The van der Waals surface area contributed by atoms with Gasteiger partial charge in [-0.15, -0.1) is 0 Å². The van der Waals surface area contributed by atoms with E-state index in [0.717, 1.165) is 17.7 Å². The Bertz CT molecular complexity index is 979. The maximum Gasteiger partial charge on any atom is 0.295 e. The summed E-state index contributed by atoms with van der Waals surface area (Å²) in [5.74, 6) is -0.733. The standard InChI is InChI=1S/C25H30N2O4/c1-5-31-20-9-6-8-19(16-20)22-21(23(28)18-12-10-17(2)11-13-18)24(29)25(30)27(22)15-7-14-26(3)4/h6,8-13,16,22,28H,5,7,14-15H2,1-4H3/t22-/m1/s1. The van der Waals surface area contributed by atoms with Crippen LogP contribution in [0, 0.1) is 6.92 Å². The van der Waals surface area contributed by atoms with Gasteiger partial charge in [0, 0.05) is 12.1 Å². The van der Waals surface area contributed by atoms with Gasteiger partial charge in [0.05, 0.1) is 18.2 Å². The predicted octanol–water partition coefficient (Wildman–Crippen LogP) is 3.77. The second-order valence-electron chi connectivity index (χ2n) is 8.02. The number of Topliss-reactive ketones (excluding diaryl/α,β-unsaturated/α-hetero) is 1. The molecule has 1 fully saturated rings. The van der Waals surface area contributed by atoms with Crippen LogP contribution in [0.15, 0.2) is 54.1 Å². The molecule has 0 unspecified atom stereocenters. The minimum absolute atomic E-state index is 0.118. The minimum atomic E-state index is -0.663. The number of carbonyl (C=O) groups excluding carboxylic acids is 2. The van der Waals surface area contributed by atoms with Gasteiger partial charge in [-0.2, -0.15) is 0 Å². The van der Waals surface area contributed by atoms with Crippen LogP contribution in [0.5, 0.6) is 5.75 Å². The number of likely N-dealkylation sites (tertiary alicyclic amines) is 1. The lowest BCUT2D eigenvalue weighted by Crippen LogP contribution is -2.32. The third kappa shape index (κ3) is 4.97. The highest BCUT2D eigenvalue weighted by atomic mass is 16.5. The fraction of sp³-hybridized carbons (Fsp3) is 0.360. The second kappa shape index (κ2) is 9.79. The first-order valence-electron chi connectivity index (χ1n) is 10.6. The summed E-state index contributed by atoms with van der Waals surface area (Å²) in [6.07, 6.45) is 0.715. The Morgan fingerprint density at radius 2 is 1.84 bits per heavy atom. The lowest BCUT2D eigenvalue weighted by atomic mass is 9.95. The van der Waals surface area contributed by atoms with Crippen LogP contribution < -0.4 is 4.74 Å². The molecule has 6 heteroatoms. The molecule has 1 aliphatic heterocycles. The Morgan fingerprint density at radius 3 is 2.48 bits per heavy atom. The van der Waals surface area contributed by atoms with Gasteiger partial charge >= 0.3 is 0 Å². The molecule has 2 aromatic rings. The van der Waals surface area contributed by atoms with Crippen molar-refractivity contribution in [1.82, 2.24) is 9.80 Å². The van der Waals surface area contributed by atoms with Crippen molar-refractivity contribution < 1.29 is 19.4 Å². The molecule has 31 heavy (non-hydrogen) atoms. The normalized spacial score (nSPS) is 18.1. The van der Waals surface area contributed by atoms with Crippen molar-refractivity contribution in [2.45, 2.75) is 26.3 Å². The lowest BCUT2D eigenvalue weighted by molar-refractivity contribution is -0.139. The van der Waals surface area contributed by atoms with E-state index in [4.69, 9.17) is 4.74 Å². The smallest absolute Gasteiger partial charge is 0.295 e. The Labute approximate surface area is 183 Å². The number of carbonyl (C=O) groups is 2. The monoisotopic (exact) mass is 422 g/mol. The van der Waals surface area contributed by atoms with E-state index in [2.05, 4.69) is 0 Å². The zero-order valence-corrected chi connectivity index (χ0v) is 18.6. The van der Waals surface area contributed by atoms with Crippen LogP contribution >= 0.6 is 0 Å². The molecular weight excluding hydrogens is 392 g/mol. The Hall–Kier alpha value is -3.12. The van der Waals surface area contributed by atoms with Gasteiger partial charge in [-0.3, -0.25) is 9.59 Å². The van der Waals surface area contributed by atoms with E-state index >= 15 is 0 Å². The lowest BCUT2D eigenvalue weighted by Gasteiger charge is -2.26. The van der Waals surface area contributed by atoms with Crippen molar-refractivity contribution in [3.05, 3.63) is 70.8 Å². The number of ketones is 1. The van der Waals surface area contributed by atoms with Gasteiger partial charge in [-0.05, 0) is 58.6 Å². The largest absolute Gasteiger partial charge is 0.507 e. The highest BCUT2D eigenvalue weighted by Crippen LogP contribution is 2.40. The second-order valence-corrected chi connectivity index (χ2v) is 8.02. The van der Waals surface area contributed by atoms with Gasteiger partial charge in [0.25, 0.3) is 11.7 Å². The molecule has 6 nitrogen and oxygen atoms in total. The molecule has 0 aromatic heterocycles. The number of hydrogen-bond acceptors (Lipinski definition) is 5. The molecule has 1 N–H and O–H groups in total. The van der Waals surface area contributed by atoms with E-state index < -0.39 is 17.7 Å². The molecule has 0 spiro atoms. The number of aliphatic hydroxyl groups excluding tert-OH is 1. The summed E-state index contributed by atoms with van der Waals surface area (Å²) in [5.41, 5.74) is 2.42. The van der Waals surface area contributed by atoms with Gasteiger partial charge < -0.3 is 19.6 Å². The fourth-order valence-corrected chi connectivity index (χ4v) is 3.82. The highest BCUT2D eigenvalue weighted by molar-refractivity contribution is 6.46. The summed E-state index contributed by atoms with van der Waals surface area (Å²) in [7, 11) is 3.93. The Kier molecular flexibility index (Phi) is 7.13. The van der Waals surface area contributed by atoms with Gasteiger partial charge in [-0.1, -0.05) is 42.0 Å². The third-order valence-electron chi connectivity index (χ3n) is 5.35. The minimum Gasteiger partial charge on any atom is -0.507 e. The van der Waals surface area contributed by atoms with Crippen molar-refractivity contribution in [3.63, 3.8) is 0 Å². The molecule has 1 atom stereocenters. The molecule has 0 radical (unpaired) electrons. The number of aliphatic hydroxyl groups is 1. The van der Waals surface area contributed by atoms with Crippen molar-refractivity contribution >= 4 is 17.4 Å². The van der Waals surface area contributed by atoms with Gasteiger partial charge in [0.15, 0.2) is 0 Å². The first kappa shape index (κ1) is 22.6. The fourth-order valence-electron chi connectivity index (χ4n) is 3.82. The maximum atomic E-state index is 13.0. The highest BCUT2D eigenvalue weighted by Gasteiger charge is 2.45. The van der Waals surface area contributed by atoms with Crippen LogP contribution in [0.3, 0.4) is 0 Å². The summed E-state index contributed by atoms with van der Waals surface area (Å²) in [6.45, 7) is 5.56. The van der Waals surface area contributed by atoms with Crippen molar-refractivity contribution in [1.29, 1.82) is 0 Å². The van der Waals surface area contributed by atoms with E-state index in [1.807, 2.05) is 69.2 Å². The van der Waals surface area contributed by atoms with E-state index in [-0.39, 0.29) is 11.3 Å². The van der Waals surface area contributed by atoms with Crippen LogP contribution in [0.4, 0.5) is 0 Å². The summed E-state index contributed by atoms with van der Waals surface area (Å²) in [6, 6.07) is 14.0. The van der Waals surface area contributed by atoms with Crippen molar-refractivity contribution in [2.75, 3.05) is 33.8 Å². The molecule has 164 valence electrons. The number of benzene rings is 2. The summed E-state index contributed by atoms with van der Waals surface area (Å²) in [4.78, 5) is 29.6. The molecule has 0 bridgehead atoms. The third-order valence-corrected chi connectivity index (χ3v) is 5.35. The summed E-state index contributed by atoms with van der Waals surface area (Å²) >= 11 is 0. The van der Waals surface area contributed by atoms with Crippen LogP contribution in [-0.4, -0.2) is 60.4 Å². The Balaban J connectivity index is 2.09. The molecular formula is C25H30N2O4. The molecule has 0 aliphatic carbocycles. The predicted molar refractivity (Wildman–Crippen MR) is 121 cm³/mol. The number of nitrogens with zero attached hydrogens (tertiary/aromatic N) is 2. The average molecular weight is 423 g/mol. The van der Waals surface area contributed by atoms with Gasteiger partial charge in [-0.25, -0.2) is 0 Å². The number of amides is 1. The zero-order valence-electron chi connectivity index (χ0n) is 18.6. The van der Waals surface area contributed by atoms with E-state index in [1.165, 1.54) is 0 Å². The quantitative estimate of drug-likeness (QED) is 0.398. The molecule has 1 amide bonds. The van der Waals surface area contributed by atoms with E-state index in [1.54, 1.807) is 17.0 Å². The molecule has 1 heterocycles. The molecule has 1 aliphatic rings. The molecule has 1 saturated heterocycles. The van der Waals surface area contributed by atoms with Gasteiger partial charge in [0.2, 0.25) is 0 Å². The topological polar surface area (TPSA) is 70.1 Å². The SMILES string of the molecule is CCOc1cccc([C@@H]2C(=C(O)c3ccc(C)cc3)C(=O)C(=O)N2CCCN(C)C)c1. The first-order valence-corrected chi connectivity index (χ1v) is 10.6. The zero-order chi connectivity index (χ0) is 22.5. The number of rotatable bonds is 8. The van der Waals surface area contributed by atoms with Crippen LogP contribution in [0.25, 0.3) is 5.76 Å².